The monoisotopic (exact) mass is 399 g/mol. The molecule has 4 rings (SSSR count). The third-order valence-electron chi connectivity index (χ3n) is 5.30. The summed E-state index contributed by atoms with van der Waals surface area (Å²) >= 11 is 0. The Morgan fingerprint density at radius 1 is 1.23 bits per heavy atom. The highest BCUT2D eigenvalue weighted by Crippen LogP contribution is 2.17. The van der Waals surface area contributed by atoms with E-state index in [1.807, 2.05) is 42.6 Å². The molecule has 6 nitrogen and oxygen atoms in total. The van der Waals surface area contributed by atoms with Crippen LogP contribution in [0.5, 0.6) is 0 Å². The van der Waals surface area contributed by atoms with Crippen LogP contribution in [0.25, 0.3) is 5.69 Å². The molecule has 3 aromatic rings. The fraction of sp³-hybridized carbons (Fsp3) is 0.292. The number of nitrogens with one attached hydrogen (secondary N) is 1. The van der Waals surface area contributed by atoms with Crippen molar-refractivity contribution in [2.75, 3.05) is 19.6 Å². The Bertz CT molecular complexity index is 1050. The summed E-state index contributed by atoms with van der Waals surface area (Å²) in [4.78, 5) is 19.4. The van der Waals surface area contributed by atoms with Crippen LogP contribution in [0.1, 0.15) is 41.3 Å². The number of benzene rings is 1. The van der Waals surface area contributed by atoms with Gasteiger partial charge >= 0.3 is 0 Å². The highest BCUT2D eigenvalue weighted by atomic mass is 16.1. The van der Waals surface area contributed by atoms with Crippen molar-refractivity contribution in [3.8, 4) is 17.5 Å². The molecular weight excluding hydrogens is 374 g/mol. The van der Waals surface area contributed by atoms with Crippen LogP contribution in [0.2, 0.25) is 0 Å². The lowest BCUT2D eigenvalue weighted by Crippen LogP contribution is -2.47. The molecule has 1 aromatic carbocycles. The minimum atomic E-state index is -0.0607. The molecule has 0 saturated carbocycles. The molecule has 0 spiro atoms. The number of piperidine rings is 1. The first-order valence-electron chi connectivity index (χ1n) is 10.3. The van der Waals surface area contributed by atoms with Crippen LogP contribution in [0.4, 0.5) is 0 Å². The smallest absolute Gasteiger partial charge is 0.251 e. The second-order valence-corrected chi connectivity index (χ2v) is 7.38. The van der Waals surface area contributed by atoms with E-state index in [0.717, 1.165) is 49.3 Å². The molecule has 1 aliphatic rings. The first-order chi connectivity index (χ1) is 14.7. The Kier molecular flexibility index (Phi) is 6.21. The van der Waals surface area contributed by atoms with Crippen LogP contribution in [0.15, 0.2) is 61.2 Å². The van der Waals surface area contributed by atoms with Gasteiger partial charge in [-0.2, -0.15) is 5.10 Å². The average molecular weight is 399 g/mol. The second kappa shape index (κ2) is 9.38. The van der Waals surface area contributed by atoms with Gasteiger partial charge in [0.1, 0.15) is 0 Å². The van der Waals surface area contributed by atoms with Crippen LogP contribution < -0.4 is 5.32 Å². The van der Waals surface area contributed by atoms with Crippen molar-refractivity contribution in [1.82, 2.24) is 25.0 Å². The van der Waals surface area contributed by atoms with Crippen LogP contribution in [0, 0.1) is 11.8 Å². The Morgan fingerprint density at radius 3 is 2.93 bits per heavy atom. The van der Waals surface area contributed by atoms with Gasteiger partial charge in [-0.15, -0.1) is 0 Å². The lowest BCUT2D eigenvalue weighted by Gasteiger charge is -2.32. The number of pyridine rings is 1. The van der Waals surface area contributed by atoms with Crippen molar-refractivity contribution in [3.63, 3.8) is 0 Å². The van der Waals surface area contributed by atoms with Crippen LogP contribution in [-0.4, -0.2) is 51.2 Å². The predicted molar refractivity (Wildman–Crippen MR) is 116 cm³/mol. The number of likely N-dealkylation sites (N-methyl/N-ethyl adjacent to an activating group) is 1. The normalized spacial score (nSPS) is 16.5. The molecule has 1 fully saturated rings. The molecule has 1 saturated heterocycles. The number of rotatable bonds is 4. The average Bonchev–Trinajstić information content (AvgIpc) is 3.33. The summed E-state index contributed by atoms with van der Waals surface area (Å²) in [6.45, 7) is 5.18. The zero-order valence-electron chi connectivity index (χ0n) is 17.1. The fourth-order valence-corrected chi connectivity index (χ4v) is 3.69. The zero-order valence-corrected chi connectivity index (χ0v) is 17.1. The third kappa shape index (κ3) is 4.76. The number of aromatic nitrogens is 3. The minimum absolute atomic E-state index is 0.0607. The topological polar surface area (TPSA) is 63.1 Å². The number of nitrogens with zero attached hydrogens (tertiary/aromatic N) is 4. The van der Waals surface area contributed by atoms with E-state index in [4.69, 9.17) is 0 Å². The van der Waals surface area contributed by atoms with Gasteiger partial charge in [0.25, 0.3) is 5.91 Å². The van der Waals surface area contributed by atoms with Gasteiger partial charge in [-0.1, -0.05) is 18.8 Å². The fourth-order valence-electron chi connectivity index (χ4n) is 3.69. The molecule has 6 heteroatoms. The van der Waals surface area contributed by atoms with Gasteiger partial charge in [-0.05, 0) is 62.3 Å². The van der Waals surface area contributed by atoms with Crippen molar-refractivity contribution in [1.29, 1.82) is 0 Å². The lowest BCUT2D eigenvalue weighted by atomic mass is 10.0. The van der Waals surface area contributed by atoms with Crippen LogP contribution >= 0.6 is 0 Å². The molecule has 2 aromatic heterocycles. The maximum Gasteiger partial charge on any atom is 0.251 e. The molecule has 0 aliphatic carbocycles. The zero-order chi connectivity index (χ0) is 20.8. The quantitative estimate of drug-likeness (QED) is 0.686. The first kappa shape index (κ1) is 19.9. The summed E-state index contributed by atoms with van der Waals surface area (Å²) in [5, 5.41) is 7.51. The van der Waals surface area contributed by atoms with Crippen LogP contribution in [-0.2, 0) is 0 Å². The first-order valence-corrected chi connectivity index (χ1v) is 10.3. The van der Waals surface area contributed by atoms with E-state index in [-0.39, 0.29) is 11.9 Å². The van der Waals surface area contributed by atoms with E-state index in [2.05, 4.69) is 39.1 Å². The van der Waals surface area contributed by atoms with Crippen molar-refractivity contribution in [2.45, 2.75) is 25.8 Å². The van der Waals surface area contributed by atoms with E-state index in [9.17, 15) is 4.79 Å². The van der Waals surface area contributed by atoms with Gasteiger partial charge in [0.2, 0.25) is 0 Å². The molecule has 3 heterocycles. The predicted octanol–water partition coefficient (Wildman–Crippen LogP) is 2.88. The Labute approximate surface area is 176 Å². The number of likely N-dealkylation sites (tertiary alicyclic amines) is 1. The molecule has 152 valence electrons. The molecule has 0 unspecified atom stereocenters. The van der Waals surface area contributed by atoms with Gasteiger partial charge < -0.3 is 10.2 Å². The number of amides is 1. The van der Waals surface area contributed by atoms with Gasteiger partial charge in [-0.3, -0.25) is 9.78 Å². The molecule has 1 aliphatic heterocycles. The van der Waals surface area contributed by atoms with Crippen molar-refractivity contribution in [2.24, 2.45) is 0 Å². The summed E-state index contributed by atoms with van der Waals surface area (Å²) in [5.41, 5.74) is 3.01. The Balaban J connectivity index is 1.60. The molecule has 0 bridgehead atoms. The van der Waals surface area contributed by atoms with Crippen molar-refractivity contribution < 1.29 is 4.79 Å². The number of hydrogen-bond donors (Lipinski definition) is 1. The molecular formula is C24H25N5O. The van der Waals surface area contributed by atoms with E-state index in [0.29, 0.717) is 5.56 Å². The summed E-state index contributed by atoms with van der Waals surface area (Å²) in [7, 11) is 0. The highest BCUT2D eigenvalue weighted by molar-refractivity contribution is 5.95. The summed E-state index contributed by atoms with van der Waals surface area (Å²) in [6.07, 6.45) is 9.16. The summed E-state index contributed by atoms with van der Waals surface area (Å²) < 4.78 is 1.76. The van der Waals surface area contributed by atoms with E-state index >= 15 is 0 Å². The molecule has 0 radical (unpaired) electrons. The third-order valence-corrected chi connectivity index (χ3v) is 5.30. The van der Waals surface area contributed by atoms with E-state index in [1.54, 1.807) is 23.3 Å². The highest BCUT2D eigenvalue weighted by Gasteiger charge is 2.21. The van der Waals surface area contributed by atoms with Gasteiger partial charge in [0.05, 0.1) is 11.3 Å². The number of hydrogen-bond acceptors (Lipinski definition) is 4. The lowest BCUT2D eigenvalue weighted by molar-refractivity contribution is 0.0906. The number of carbonyl (C=O) groups excluding carboxylic acids is 1. The molecule has 1 amide bonds. The molecule has 1 atom stereocenters. The van der Waals surface area contributed by atoms with E-state index in [1.165, 1.54) is 0 Å². The standard InChI is InChI=1S/C24H25N5O/c1-2-28-14-4-7-22(18-28)27-24(30)21-10-11-23(29-15-5-13-26-29)20(16-21)9-8-19-6-3-12-25-17-19/h3,5-6,10-13,15-17,22H,2,4,7,14,18H2,1H3,(H,27,30)/t22-/m1/s1. The maximum absolute atomic E-state index is 12.9. The number of carbonyl (C=O) groups is 1. The van der Waals surface area contributed by atoms with Gasteiger partial charge in [0.15, 0.2) is 0 Å². The van der Waals surface area contributed by atoms with Crippen LogP contribution in [0.3, 0.4) is 0 Å². The molecule has 30 heavy (non-hydrogen) atoms. The van der Waals surface area contributed by atoms with Crippen molar-refractivity contribution >= 4 is 5.91 Å². The summed E-state index contributed by atoms with van der Waals surface area (Å²) in [6, 6.07) is 11.4. The summed E-state index contributed by atoms with van der Waals surface area (Å²) in [5.74, 6) is 6.27. The Hall–Kier alpha value is -3.43. The molecule has 1 N–H and O–H groups in total. The maximum atomic E-state index is 12.9. The van der Waals surface area contributed by atoms with Crippen molar-refractivity contribution in [3.05, 3.63) is 77.9 Å². The largest absolute Gasteiger partial charge is 0.348 e. The minimum Gasteiger partial charge on any atom is -0.348 e. The second-order valence-electron chi connectivity index (χ2n) is 7.38. The van der Waals surface area contributed by atoms with Gasteiger partial charge in [0, 0.05) is 48.5 Å². The Morgan fingerprint density at radius 2 is 2.17 bits per heavy atom. The SMILES string of the molecule is CCN1CCC[C@@H](NC(=O)c2ccc(-n3cccn3)c(C#Cc3cccnc3)c2)C1. The van der Waals surface area contributed by atoms with Gasteiger partial charge in [-0.25, -0.2) is 4.68 Å². The van der Waals surface area contributed by atoms with E-state index < -0.39 is 0 Å².